The average Bonchev–Trinajstić information content (AvgIpc) is 2.71. The molecule has 0 heterocycles. The lowest BCUT2D eigenvalue weighted by Gasteiger charge is -2.11. The Morgan fingerprint density at radius 2 is 1.68 bits per heavy atom. The Bertz CT molecular complexity index is 975. The predicted molar refractivity (Wildman–Crippen MR) is 111 cm³/mol. The number of hydrogen-bond acceptors (Lipinski definition) is 4. The maximum absolute atomic E-state index is 12.1. The number of carbonyl (C=O) groups excluding carboxylic acids is 1. The first-order chi connectivity index (χ1) is 13.5. The number of benzene rings is 3. The standard InChI is InChI=1S/C23H22N2O3/c1-16-12-18(13-17(2)23(16)27)14-24-25-22(26)15-28-21-11-7-6-10-20(21)19-8-4-3-5-9-19/h3-14,27H,15H2,1-2H3,(H,25,26)/b24-14+. The molecule has 142 valence electrons. The number of phenols is 1. The number of rotatable bonds is 6. The molecule has 0 aliphatic rings. The molecule has 2 N–H and O–H groups in total. The van der Waals surface area contributed by atoms with E-state index in [-0.39, 0.29) is 18.3 Å². The highest BCUT2D eigenvalue weighted by Gasteiger charge is 2.08. The quantitative estimate of drug-likeness (QED) is 0.502. The van der Waals surface area contributed by atoms with Gasteiger partial charge < -0.3 is 9.84 Å². The van der Waals surface area contributed by atoms with Crippen molar-refractivity contribution in [2.75, 3.05) is 6.61 Å². The number of aromatic hydroxyl groups is 1. The van der Waals surface area contributed by atoms with Gasteiger partial charge >= 0.3 is 0 Å². The maximum atomic E-state index is 12.1. The maximum Gasteiger partial charge on any atom is 0.277 e. The molecule has 0 atom stereocenters. The second-order valence-corrected chi connectivity index (χ2v) is 6.45. The summed E-state index contributed by atoms with van der Waals surface area (Å²) in [4.78, 5) is 12.1. The molecule has 5 heteroatoms. The summed E-state index contributed by atoms with van der Waals surface area (Å²) in [6, 6.07) is 21.0. The van der Waals surface area contributed by atoms with Crippen LogP contribution in [0.5, 0.6) is 11.5 Å². The van der Waals surface area contributed by atoms with Crippen LogP contribution in [0.25, 0.3) is 11.1 Å². The van der Waals surface area contributed by atoms with Crippen LogP contribution in [-0.2, 0) is 4.79 Å². The van der Waals surface area contributed by atoms with E-state index in [0.29, 0.717) is 5.75 Å². The fraction of sp³-hybridized carbons (Fsp3) is 0.130. The second-order valence-electron chi connectivity index (χ2n) is 6.45. The molecule has 0 bridgehead atoms. The zero-order chi connectivity index (χ0) is 19.9. The van der Waals surface area contributed by atoms with Crippen molar-refractivity contribution < 1.29 is 14.6 Å². The van der Waals surface area contributed by atoms with Crippen molar-refractivity contribution in [3.05, 3.63) is 83.4 Å². The highest BCUT2D eigenvalue weighted by Crippen LogP contribution is 2.29. The summed E-state index contributed by atoms with van der Waals surface area (Å²) in [7, 11) is 0. The van der Waals surface area contributed by atoms with Gasteiger partial charge in [-0.15, -0.1) is 0 Å². The molecule has 0 aliphatic heterocycles. The Labute approximate surface area is 164 Å². The molecule has 0 fully saturated rings. The van der Waals surface area contributed by atoms with Crippen molar-refractivity contribution in [2.24, 2.45) is 5.10 Å². The highest BCUT2D eigenvalue weighted by atomic mass is 16.5. The van der Waals surface area contributed by atoms with Gasteiger partial charge in [0.05, 0.1) is 6.21 Å². The van der Waals surface area contributed by atoms with Crippen molar-refractivity contribution in [3.8, 4) is 22.6 Å². The Morgan fingerprint density at radius 3 is 2.39 bits per heavy atom. The van der Waals surface area contributed by atoms with E-state index >= 15 is 0 Å². The largest absolute Gasteiger partial charge is 0.507 e. The normalized spacial score (nSPS) is 10.8. The van der Waals surface area contributed by atoms with Gasteiger partial charge in [-0.1, -0.05) is 48.5 Å². The molecule has 3 rings (SSSR count). The van der Waals surface area contributed by atoms with E-state index in [1.165, 1.54) is 6.21 Å². The summed E-state index contributed by atoms with van der Waals surface area (Å²) in [6.45, 7) is 3.49. The van der Waals surface area contributed by atoms with Gasteiger partial charge in [0.25, 0.3) is 5.91 Å². The van der Waals surface area contributed by atoms with Gasteiger partial charge in [0.2, 0.25) is 0 Å². The van der Waals surface area contributed by atoms with E-state index in [0.717, 1.165) is 27.8 Å². The van der Waals surface area contributed by atoms with Crippen LogP contribution >= 0.6 is 0 Å². The SMILES string of the molecule is Cc1cc(/C=N/NC(=O)COc2ccccc2-c2ccccc2)cc(C)c1O. The lowest BCUT2D eigenvalue weighted by Crippen LogP contribution is -2.24. The molecule has 0 saturated heterocycles. The van der Waals surface area contributed by atoms with Crippen LogP contribution in [-0.4, -0.2) is 23.8 Å². The Morgan fingerprint density at radius 1 is 1.04 bits per heavy atom. The molecule has 0 saturated carbocycles. The number of amides is 1. The van der Waals surface area contributed by atoms with Crippen molar-refractivity contribution in [1.82, 2.24) is 5.43 Å². The number of carbonyl (C=O) groups is 1. The Balaban J connectivity index is 1.60. The number of aryl methyl sites for hydroxylation is 2. The predicted octanol–water partition coefficient (Wildman–Crippen LogP) is 4.21. The topological polar surface area (TPSA) is 70.9 Å². The first kappa shape index (κ1) is 19.2. The number of nitrogens with zero attached hydrogens (tertiary/aromatic N) is 1. The summed E-state index contributed by atoms with van der Waals surface area (Å²) in [5.74, 6) is 0.551. The Hall–Kier alpha value is -3.60. The first-order valence-corrected chi connectivity index (χ1v) is 8.94. The number of ether oxygens (including phenoxy) is 1. The number of hydrazone groups is 1. The number of para-hydroxylation sites is 1. The van der Waals surface area contributed by atoms with Crippen molar-refractivity contribution in [2.45, 2.75) is 13.8 Å². The molecule has 1 amide bonds. The zero-order valence-corrected chi connectivity index (χ0v) is 15.8. The van der Waals surface area contributed by atoms with Gasteiger partial charge in [-0.3, -0.25) is 4.79 Å². The monoisotopic (exact) mass is 374 g/mol. The molecule has 0 aromatic heterocycles. The zero-order valence-electron chi connectivity index (χ0n) is 15.8. The smallest absolute Gasteiger partial charge is 0.277 e. The van der Waals surface area contributed by atoms with E-state index in [4.69, 9.17) is 4.74 Å². The summed E-state index contributed by atoms with van der Waals surface area (Å²) in [5, 5.41) is 13.8. The first-order valence-electron chi connectivity index (χ1n) is 8.94. The van der Waals surface area contributed by atoms with Crippen LogP contribution in [0.3, 0.4) is 0 Å². The van der Waals surface area contributed by atoms with Gasteiger partial charge in [-0.2, -0.15) is 5.10 Å². The average molecular weight is 374 g/mol. The molecule has 3 aromatic rings. The molecule has 0 unspecified atom stereocenters. The molecule has 0 aliphatic carbocycles. The van der Waals surface area contributed by atoms with Crippen LogP contribution in [0.1, 0.15) is 16.7 Å². The van der Waals surface area contributed by atoms with Gasteiger partial charge in [0, 0.05) is 5.56 Å². The van der Waals surface area contributed by atoms with E-state index in [9.17, 15) is 9.90 Å². The number of nitrogens with one attached hydrogen (secondary N) is 1. The minimum atomic E-state index is -0.355. The van der Waals surface area contributed by atoms with Gasteiger partial charge in [0.15, 0.2) is 6.61 Å². The molecule has 5 nitrogen and oxygen atoms in total. The van der Waals surface area contributed by atoms with Crippen LogP contribution in [0, 0.1) is 13.8 Å². The number of hydrogen-bond donors (Lipinski definition) is 2. The lowest BCUT2D eigenvalue weighted by atomic mass is 10.1. The van der Waals surface area contributed by atoms with Gasteiger partial charge in [-0.05, 0) is 54.3 Å². The lowest BCUT2D eigenvalue weighted by molar-refractivity contribution is -0.123. The van der Waals surface area contributed by atoms with E-state index in [1.807, 2.05) is 68.4 Å². The van der Waals surface area contributed by atoms with Crippen LogP contribution in [0.2, 0.25) is 0 Å². The van der Waals surface area contributed by atoms with Crippen molar-refractivity contribution in [1.29, 1.82) is 0 Å². The molecular weight excluding hydrogens is 352 g/mol. The summed E-state index contributed by atoms with van der Waals surface area (Å²) in [6.07, 6.45) is 1.54. The third kappa shape index (κ3) is 4.76. The summed E-state index contributed by atoms with van der Waals surface area (Å²) >= 11 is 0. The fourth-order valence-corrected chi connectivity index (χ4v) is 2.87. The second kappa shape index (κ2) is 8.86. The minimum Gasteiger partial charge on any atom is -0.507 e. The summed E-state index contributed by atoms with van der Waals surface area (Å²) < 4.78 is 5.69. The third-order valence-corrected chi connectivity index (χ3v) is 4.25. The van der Waals surface area contributed by atoms with Crippen molar-refractivity contribution in [3.63, 3.8) is 0 Å². The van der Waals surface area contributed by atoms with E-state index in [1.54, 1.807) is 12.1 Å². The van der Waals surface area contributed by atoms with Crippen LogP contribution in [0.4, 0.5) is 0 Å². The highest BCUT2D eigenvalue weighted by molar-refractivity contribution is 5.84. The molecule has 3 aromatic carbocycles. The Kier molecular flexibility index (Phi) is 6.07. The van der Waals surface area contributed by atoms with Crippen LogP contribution < -0.4 is 10.2 Å². The summed E-state index contributed by atoms with van der Waals surface area (Å²) in [5.41, 5.74) is 6.72. The van der Waals surface area contributed by atoms with E-state index in [2.05, 4.69) is 10.5 Å². The minimum absolute atomic E-state index is 0.144. The molecule has 0 spiro atoms. The fourth-order valence-electron chi connectivity index (χ4n) is 2.87. The number of phenolic OH excluding ortho intramolecular Hbond substituents is 1. The third-order valence-electron chi connectivity index (χ3n) is 4.25. The van der Waals surface area contributed by atoms with Gasteiger partial charge in [-0.25, -0.2) is 5.43 Å². The van der Waals surface area contributed by atoms with E-state index < -0.39 is 0 Å². The van der Waals surface area contributed by atoms with Crippen LogP contribution in [0.15, 0.2) is 71.8 Å². The molecule has 28 heavy (non-hydrogen) atoms. The van der Waals surface area contributed by atoms with Crippen molar-refractivity contribution >= 4 is 12.1 Å². The molecular formula is C23H22N2O3. The van der Waals surface area contributed by atoms with Gasteiger partial charge in [0.1, 0.15) is 11.5 Å². The molecule has 0 radical (unpaired) electrons.